The summed E-state index contributed by atoms with van der Waals surface area (Å²) >= 11 is 2.65. The van der Waals surface area contributed by atoms with Gasteiger partial charge in [0.2, 0.25) is 0 Å². The summed E-state index contributed by atoms with van der Waals surface area (Å²) in [4.78, 5) is 0. The SMILES string of the molecule is C=CC[SiH2][SeH]. The van der Waals surface area contributed by atoms with Gasteiger partial charge in [-0.05, 0) is 0 Å². The second kappa shape index (κ2) is 4.48. The van der Waals surface area contributed by atoms with Crippen LogP contribution in [0.4, 0.5) is 0 Å². The van der Waals surface area contributed by atoms with Crippen LogP contribution in [0.1, 0.15) is 0 Å². The Hall–Kier alpha value is 0.476. The predicted molar refractivity (Wildman–Crippen MR) is 30.7 cm³/mol. The average Bonchev–Trinajstić information content (AvgIpc) is 1.41. The molecule has 0 unspecified atom stereocenters. The van der Waals surface area contributed by atoms with Crippen molar-refractivity contribution in [2.45, 2.75) is 6.04 Å². The van der Waals surface area contributed by atoms with E-state index in [1.165, 1.54) is 6.04 Å². The quantitative estimate of drug-likeness (QED) is 0.371. The summed E-state index contributed by atoms with van der Waals surface area (Å²) < 4.78 is 0. The second-order valence-corrected chi connectivity index (χ2v) is 4.64. The Morgan fingerprint density at radius 3 is 2.60 bits per heavy atom. The number of hydrogen-bond donors (Lipinski definition) is 0. The Kier molecular flexibility index (Phi) is 4.90. The van der Waals surface area contributed by atoms with Crippen LogP contribution < -0.4 is 0 Å². The van der Waals surface area contributed by atoms with Gasteiger partial charge in [0, 0.05) is 0 Å². The van der Waals surface area contributed by atoms with Crippen LogP contribution in [0.25, 0.3) is 0 Å². The van der Waals surface area contributed by atoms with Crippen LogP contribution in [-0.4, -0.2) is 23.5 Å². The fourth-order valence-electron chi connectivity index (χ4n) is 0.0913. The first-order valence-corrected chi connectivity index (χ1v) is 7.25. The fraction of sp³-hybridized carbons (Fsp3) is 0.333. The van der Waals surface area contributed by atoms with Crippen LogP contribution in [0.2, 0.25) is 6.04 Å². The van der Waals surface area contributed by atoms with Crippen LogP contribution in [-0.2, 0) is 0 Å². The number of rotatable bonds is 2. The van der Waals surface area contributed by atoms with E-state index >= 15 is 0 Å². The van der Waals surface area contributed by atoms with E-state index in [1.807, 2.05) is 6.08 Å². The van der Waals surface area contributed by atoms with E-state index in [9.17, 15) is 0 Å². The Balaban J connectivity index is 2.40. The third-order valence-electron chi connectivity index (χ3n) is 0.333. The van der Waals surface area contributed by atoms with E-state index in [0.29, 0.717) is 0 Å². The van der Waals surface area contributed by atoms with Crippen LogP contribution in [0.15, 0.2) is 12.7 Å². The van der Waals surface area contributed by atoms with Gasteiger partial charge in [-0.3, -0.25) is 0 Å². The zero-order valence-corrected chi connectivity index (χ0v) is 6.44. The molecule has 2 heteroatoms. The third kappa shape index (κ3) is 4.48. The monoisotopic (exact) mass is 152 g/mol. The fourth-order valence-corrected chi connectivity index (χ4v) is 1.42. The van der Waals surface area contributed by atoms with Gasteiger partial charge in [-0.1, -0.05) is 0 Å². The molecule has 0 aliphatic carbocycles. The zero-order valence-electron chi connectivity index (χ0n) is 3.15. The van der Waals surface area contributed by atoms with Crippen molar-refractivity contribution in [1.29, 1.82) is 0 Å². The van der Waals surface area contributed by atoms with Crippen molar-refractivity contribution < 1.29 is 0 Å². The Morgan fingerprint density at radius 1 is 2.00 bits per heavy atom. The van der Waals surface area contributed by atoms with E-state index in [0.717, 1.165) is 0 Å². The first-order chi connectivity index (χ1) is 2.41. The molecule has 0 saturated carbocycles. The topological polar surface area (TPSA) is 0 Å². The molecule has 0 aliphatic rings. The zero-order chi connectivity index (χ0) is 4.12. The molecule has 5 heavy (non-hydrogen) atoms. The van der Waals surface area contributed by atoms with Crippen molar-refractivity contribution in [3.05, 3.63) is 12.7 Å². The molecule has 0 aromatic heterocycles. The van der Waals surface area contributed by atoms with Gasteiger partial charge >= 0.3 is 42.2 Å². The van der Waals surface area contributed by atoms with Crippen molar-refractivity contribution >= 4 is 23.5 Å². The Morgan fingerprint density at radius 2 is 2.60 bits per heavy atom. The van der Waals surface area contributed by atoms with Crippen LogP contribution >= 0.6 is 0 Å². The molecule has 0 rings (SSSR count). The summed E-state index contributed by atoms with van der Waals surface area (Å²) in [6, 6.07) is 1.26. The van der Waals surface area contributed by atoms with Crippen LogP contribution in [0, 0.1) is 0 Å². The standard InChI is InChI=1S/C3H8SeSi/c1-2-3-5-4/h2,4H,1,3,5H2. The molecular formula is C3H8SeSi. The van der Waals surface area contributed by atoms with Gasteiger partial charge < -0.3 is 0 Å². The molecule has 0 heterocycles. The van der Waals surface area contributed by atoms with Crippen molar-refractivity contribution in [1.82, 2.24) is 0 Å². The van der Waals surface area contributed by atoms with Crippen molar-refractivity contribution in [2.75, 3.05) is 0 Å². The van der Waals surface area contributed by atoms with Crippen LogP contribution in [0.5, 0.6) is 0 Å². The second-order valence-electron chi connectivity index (χ2n) is 0.801. The maximum atomic E-state index is 3.58. The summed E-state index contributed by atoms with van der Waals surface area (Å²) in [5, 5.41) is 0. The number of allylic oxidation sites excluding steroid dienone is 1. The van der Waals surface area contributed by atoms with Gasteiger partial charge in [-0.15, -0.1) is 0 Å². The molecule has 0 saturated heterocycles. The summed E-state index contributed by atoms with van der Waals surface area (Å²) in [5.41, 5.74) is 0. The van der Waals surface area contributed by atoms with Crippen molar-refractivity contribution in [2.24, 2.45) is 0 Å². The molecule has 0 amide bonds. The molecule has 0 N–H and O–H groups in total. The van der Waals surface area contributed by atoms with Crippen molar-refractivity contribution in [3.63, 3.8) is 0 Å². The molecule has 0 fully saturated rings. The summed E-state index contributed by atoms with van der Waals surface area (Å²) in [7, 11) is 0.233. The molecular weight excluding hydrogens is 143 g/mol. The van der Waals surface area contributed by atoms with Crippen LogP contribution in [0.3, 0.4) is 0 Å². The molecule has 0 atom stereocenters. The minimum absolute atomic E-state index is 0.233. The first-order valence-electron chi connectivity index (χ1n) is 1.63. The first kappa shape index (κ1) is 5.48. The van der Waals surface area contributed by atoms with E-state index in [-0.39, 0.29) is 8.13 Å². The van der Waals surface area contributed by atoms with E-state index in [1.54, 1.807) is 0 Å². The molecule has 0 nitrogen and oxygen atoms in total. The maximum absolute atomic E-state index is 3.58. The Bertz CT molecular complexity index is 28.1. The molecule has 0 aromatic rings. The Labute approximate surface area is 42.7 Å². The molecule has 30 valence electrons. The summed E-state index contributed by atoms with van der Waals surface area (Å²) in [6.45, 7) is 3.58. The molecule has 0 spiro atoms. The summed E-state index contributed by atoms with van der Waals surface area (Å²) in [5.74, 6) is 0. The van der Waals surface area contributed by atoms with Crippen molar-refractivity contribution in [3.8, 4) is 0 Å². The van der Waals surface area contributed by atoms with Gasteiger partial charge in [0.1, 0.15) is 0 Å². The van der Waals surface area contributed by atoms with Gasteiger partial charge in [0.05, 0.1) is 0 Å². The van der Waals surface area contributed by atoms with E-state index in [4.69, 9.17) is 0 Å². The van der Waals surface area contributed by atoms with Gasteiger partial charge in [-0.2, -0.15) is 0 Å². The number of hydrogen-bond acceptors (Lipinski definition) is 0. The average molecular weight is 151 g/mol. The normalized spacial score (nSPS) is 9.80. The van der Waals surface area contributed by atoms with Gasteiger partial charge in [-0.25, -0.2) is 0 Å². The summed E-state index contributed by atoms with van der Waals surface area (Å²) in [6.07, 6.45) is 1.98. The predicted octanol–water partition coefficient (Wildman–Crippen LogP) is -0.425. The van der Waals surface area contributed by atoms with E-state index < -0.39 is 0 Å². The molecule has 0 aliphatic heterocycles. The molecule has 0 radical (unpaired) electrons. The van der Waals surface area contributed by atoms with E-state index in [2.05, 4.69) is 22.0 Å². The van der Waals surface area contributed by atoms with Gasteiger partial charge in [0.15, 0.2) is 0 Å². The molecule has 0 aromatic carbocycles. The third-order valence-corrected chi connectivity index (χ3v) is 2.62. The van der Waals surface area contributed by atoms with Gasteiger partial charge in [0.25, 0.3) is 0 Å². The molecule has 0 bridgehead atoms. The minimum atomic E-state index is 0.233.